The normalized spacial score (nSPS) is 16.3. The number of rotatable bonds is 4. The number of nitrogens with zero attached hydrogens (tertiary/aromatic N) is 2. The zero-order chi connectivity index (χ0) is 15.2. The van der Waals surface area contributed by atoms with E-state index in [0.29, 0.717) is 31.1 Å². The molecule has 112 valence electrons. The summed E-state index contributed by atoms with van der Waals surface area (Å²) in [4.78, 5) is 24.3. The Morgan fingerprint density at radius 2 is 2.05 bits per heavy atom. The molecule has 0 saturated carbocycles. The monoisotopic (exact) mass is 289 g/mol. The molecule has 1 aromatic carbocycles. The molecule has 1 fully saturated rings. The zero-order valence-electron chi connectivity index (χ0n) is 11.8. The van der Waals surface area contributed by atoms with E-state index in [0.717, 1.165) is 12.8 Å². The molecule has 2 rings (SSSR count). The van der Waals surface area contributed by atoms with Crippen LogP contribution < -0.4 is 5.73 Å². The quantitative estimate of drug-likeness (QED) is 0.520. The summed E-state index contributed by atoms with van der Waals surface area (Å²) in [6.45, 7) is 2.05. The average molecular weight is 289 g/mol. The highest BCUT2D eigenvalue weighted by Gasteiger charge is 2.20. The fourth-order valence-corrected chi connectivity index (χ4v) is 2.45. The summed E-state index contributed by atoms with van der Waals surface area (Å²) in [6, 6.07) is 6.37. The Labute approximate surface area is 123 Å². The first-order valence-electron chi connectivity index (χ1n) is 7.02. The van der Waals surface area contributed by atoms with E-state index in [1.54, 1.807) is 23.1 Å². The predicted octanol–water partition coefficient (Wildman–Crippen LogP) is 1.81. The Bertz CT molecular complexity index is 549. The van der Waals surface area contributed by atoms with Crippen molar-refractivity contribution in [2.45, 2.75) is 12.8 Å². The Hall–Kier alpha value is -2.21. The van der Waals surface area contributed by atoms with Gasteiger partial charge >= 0.3 is 0 Å². The number of carbonyl (C=O) groups is 1. The Kier molecular flexibility index (Phi) is 5.05. The fourth-order valence-electron chi connectivity index (χ4n) is 2.45. The van der Waals surface area contributed by atoms with E-state index in [4.69, 9.17) is 5.73 Å². The molecule has 1 aliphatic rings. The first-order chi connectivity index (χ1) is 10.1. The predicted molar refractivity (Wildman–Crippen MR) is 80.5 cm³/mol. The lowest BCUT2D eigenvalue weighted by atomic mass is 9.97. The van der Waals surface area contributed by atoms with Crippen LogP contribution >= 0.6 is 0 Å². The third-order valence-corrected chi connectivity index (χ3v) is 3.80. The van der Waals surface area contributed by atoms with Crippen LogP contribution in [0.1, 0.15) is 18.4 Å². The molecule has 1 amide bonds. The van der Waals surface area contributed by atoms with Crippen LogP contribution in [0.15, 0.2) is 30.3 Å². The number of benzene rings is 1. The van der Waals surface area contributed by atoms with Gasteiger partial charge in [0.2, 0.25) is 5.91 Å². The smallest absolute Gasteiger partial charge is 0.276 e. The summed E-state index contributed by atoms with van der Waals surface area (Å²) in [6.07, 6.45) is 4.75. The molecule has 0 unspecified atom stereocenters. The van der Waals surface area contributed by atoms with Crippen molar-refractivity contribution in [1.82, 2.24) is 4.90 Å². The number of nitrogens with two attached hydrogens (primary N) is 1. The van der Waals surface area contributed by atoms with Crippen molar-refractivity contribution in [2.75, 3.05) is 19.6 Å². The van der Waals surface area contributed by atoms with Gasteiger partial charge in [-0.1, -0.05) is 12.1 Å². The number of nitro benzene ring substituents is 1. The molecule has 6 nitrogen and oxygen atoms in total. The Morgan fingerprint density at radius 3 is 2.67 bits per heavy atom. The van der Waals surface area contributed by atoms with Gasteiger partial charge in [0, 0.05) is 25.2 Å². The molecule has 0 aliphatic carbocycles. The molecule has 1 saturated heterocycles. The van der Waals surface area contributed by atoms with Crippen molar-refractivity contribution in [3.05, 3.63) is 46.0 Å². The number of hydrogen-bond acceptors (Lipinski definition) is 4. The number of amides is 1. The van der Waals surface area contributed by atoms with Crippen LogP contribution in [0.5, 0.6) is 0 Å². The van der Waals surface area contributed by atoms with Gasteiger partial charge in [0.05, 0.1) is 10.5 Å². The Morgan fingerprint density at radius 1 is 1.38 bits per heavy atom. The number of likely N-dealkylation sites (tertiary alicyclic amines) is 1. The molecule has 0 atom stereocenters. The van der Waals surface area contributed by atoms with Crippen LogP contribution in [0.25, 0.3) is 6.08 Å². The third kappa shape index (κ3) is 3.88. The maximum atomic E-state index is 12.1. The van der Waals surface area contributed by atoms with Crippen molar-refractivity contribution >= 4 is 17.7 Å². The summed E-state index contributed by atoms with van der Waals surface area (Å²) < 4.78 is 0. The van der Waals surface area contributed by atoms with E-state index in [1.807, 2.05) is 0 Å². The minimum Gasteiger partial charge on any atom is -0.339 e. The van der Waals surface area contributed by atoms with Crippen LogP contribution in [0.2, 0.25) is 0 Å². The number of nitro groups is 1. The lowest BCUT2D eigenvalue weighted by Crippen LogP contribution is -2.39. The van der Waals surface area contributed by atoms with Gasteiger partial charge in [-0.3, -0.25) is 14.9 Å². The second-order valence-corrected chi connectivity index (χ2v) is 5.15. The molecule has 0 spiro atoms. The molecule has 0 radical (unpaired) electrons. The summed E-state index contributed by atoms with van der Waals surface area (Å²) in [5, 5.41) is 10.9. The summed E-state index contributed by atoms with van der Waals surface area (Å²) in [5.74, 6) is 0.386. The molecule has 1 heterocycles. The van der Waals surface area contributed by atoms with E-state index < -0.39 is 4.92 Å². The van der Waals surface area contributed by atoms with Gasteiger partial charge < -0.3 is 10.6 Å². The van der Waals surface area contributed by atoms with Crippen molar-refractivity contribution in [1.29, 1.82) is 0 Å². The highest BCUT2D eigenvalue weighted by molar-refractivity contribution is 5.92. The van der Waals surface area contributed by atoms with Crippen molar-refractivity contribution in [3.8, 4) is 0 Å². The number of hydrogen-bond donors (Lipinski definition) is 1. The van der Waals surface area contributed by atoms with Crippen LogP contribution in [-0.4, -0.2) is 35.4 Å². The number of piperidine rings is 1. The van der Waals surface area contributed by atoms with E-state index >= 15 is 0 Å². The molecule has 0 bridgehead atoms. The second kappa shape index (κ2) is 6.99. The van der Waals surface area contributed by atoms with Crippen LogP contribution in [0.3, 0.4) is 0 Å². The topological polar surface area (TPSA) is 89.5 Å². The zero-order valence-corrected chi connectivity index (χ0v) is 11.8. The van der Waals surface area contributed by atoms with Gasteiger partial charge in [-0.2, -0.15) is 0 Å². The second-order valence-electron chi connectivity index (χ2n) is 5.15. The molecule has 2 N–H and O–H groups in total. The maximum Gasteiger partial charge on any atom is 0.276 e. The summed E-state index contributed by atoms with van der Waals surface area (Å²) >= 11 is 0. The van der Waals surface area contributed by atoms with Crippen LogP contribution in [0.4, 0.5) is 5.69 Å². The first kappa shape index (κ1) is 15.2. The molecule has 6 heteroatoms. The van der Waals surface area contributed by atoms with E-state index in [-0.39, 0.29) is 11.6 Å². The van der Waals surface area contributed by atoms with Gasteiger partial charge in [-0.05, 0) is 37.4 Å². The van der Waals surface area contributed by atoms with Gasteiger partial charge in [0.1, 0.15) is 0 Å². The van der Waals surface area contributed by atoms with E-state index in [2.05, 4.69) is 0 Å². The average Bonchev–Trinajstić information content (AvgIpc) is 2.52. The lowest BCUT2D eigenvalue weighted by molar-refractivity contribution is -0.385. The Balaban J connectivity index is 2.01. The van der Waals surface area contributed by atoms with Gasteiger partial charge in [-0.25, -0.2) is 0 Å². The van der Waals surface area contributed by atoms with Gasteiger partial charge in [-0.15, -0.1) is 0 Å². The number of para-hydroxylation sites is 1. The fraction of sp³-hybridized carbons (Fsp3) is 0.400. The molecule has 1 aliphatic heterocycles. The lowest BCUT2D eigenvalue weighted by Gasteiger charge is -2.30. The van der Waals surface area contributed by atoms with Crippen LogP contribution in [-0.2, 0) is 4.79 Å². The SMILES string of the molecule is NCC1CCN(C(=O)C=Cc2ccccc2[N+](=O)[O-])CC1. The molecule has 1 aromatic rings. The van der Waals surface area contributed by atoms with Gasteiger partial charge in [0.15, 0.2) is 0 Å². The number of carbonyl (C=O) groups excluding carboxylic acids is 1. The summed E-state index contributed by atoms with van der Waals surface area (Å²) in [7, 11) is 0. The highest BCUT2D eigenvalue weighted by Crippen LogP contribution is 2.20. The largest absolute Gasteiger partial charge is 0.339 e. The minimum absolute atomic E-state index is 0.00314. The first-order valence-corrected chi connectivity index (χ1v) is 7.02. The van der Waals surface area contributed by atoms with E-state index in [1.165, 1.54) is 18.2 Å². The highest BCUT2D eigenvalue weighted by atomic mass is 16.6. The third-order valence-electron chi connectivity index (χ3n) is 3.80. The van der Waals surface area contributed by atoms with Crippen molar-refractivity contribution < 1.29 is 9.72 Å². The molecular weight excluding hydrogens is 270 g/mol. The van der Waals surface area contributed by atoms with Crippen molar-refractivity contribution in [3.63, 3.8) is 0 Å². The van der Waals surface area contributed by atoms with Crippen LogP contribution in [0, 0.1) is 16.0 Å². The molecule has 21 heavy (non-hydrogen) atoms. The van der Waals surface area contributed by atoms with Crippen molar-refractivity contribution in [2.24, 2.45) is 11.7 Å². The summed E-state index contributed by atoms with van der Waals surface area (Å²) in [5.41, 5.74) is 6.06. The standard InChI is InChI=1S/C15H19N3O3/c16-11-12-7-9-17(10-8-12)15(19)6-5-13-3-1-2-4-14(13)18(20)21/h1-6,12H,7-11,16H2. The minimum atomic E-state index is -0.448. The van der Waals surface area contributed by atoms with E-state index in [9.17, 15) is 14.9 Å². The molecular formula is C15H19N3O3. The molecule has 0 aromatic heterocycles. The maximum absolute atomic E-state index is 12.1. The van der Waals surface area contributed by atoms with Gasteiger partial charge in [0.25, 0.3) is 5.69 Å².